The number of hydrogen-bond donors (Lipinski definition) is 1. The van der Waals surface area contributed by atoms with E-state index in [4.69, 9.17) is 9.84 Å². The molecule has 0 fully saturated rings. The second-order valence-electron chi connectivity index (χ2n) is 5.51. The van der Waals surface area contributed by atoms with E-state index >= 15 is 0 Å². The highest BCUT2D eigenvalue weighted by Crippen LogP contribution is 2.17. The number of carbonyl (C=O) groups excluding carboxylic acids is 1. The van der Waals surface area contributed by atoms with Crippen molar-refractivity contribution in [2.24, 2.45) is 0 Å². The van der Waals surface area contributed by atoms with Gasteiger partial charge in [0, 0.05) is 5.56 Å². The Bertz CT molecular complexity index is 940. The third kappa shape index (κ3) is 4.32. The van der Waals surface area contributed by atoms with Gasteiger partial charge in [0.25, 0.3) is 0 Å². The number of aliphatic carboxylic acids is 1. The summed E-state index contributed by atoms with van der Waals surface area (Å²) in [5.41, 5.74) is 1.47. The van der Waals surface area contributed by atoms with E-state index in [-0.39, 0.29) is 5.78 Å². The highest BCUT2D eigenvalue weighted by Gasteiger charge is 2.04. The second-order valence-corrected chi connectivity index (χ2v) is 5.51. The van der Waals surface area contributed by atoms with E-state index in [1.165, 1.54) is 6.08 Å². The van der Waals surface area contributed by atoms with Crippen LogP contribution in [-0.4, -0.2) is 23.5 Å². The summed E-state index contributed by atoms with van der Waals surface area (Å²) in [4.78, 5) is 22.7. The van der Waals surface area contributed by atoms with Crippen LogP contribution in [0.15, 0.2) is 72.8 Å². The van der Waals surface area contributed by atoms with E-state index in [1.807, 2.05) is 42.5 Å². The van der Waals surface area contributed by atoms with Gasteiger partial charge < -0.3 is 9.84 Å². The number of hydrogen-bond acceptors (Lipinski definition) is 3. The van der Waals surface area contributed by atoms with Crippen LogP contribution in [0.2, 0.25) is 0 Å². The van der Waals surface area contributed by atoms with Crippen LogP contribution in [-0.2, 0) is 4.79 Å². The Morgan fingerprint density at radius 3 is 2.36 bits per heavy atom. The van der Waals surface area contributed by atoms with Gasteiger partial charge in [-0.3, -0.25) is 4.79 Å². The Hall–Kier alpha value is -3.40. The number of allylic oxidation sites excluding steroid dienone is 1. The normalized spacial score (nSPS) is 10.9. The van der Waals surface area contributed by atoms with E-state index in [1.54, 1.807) is 30.3 Å². The Morgan fingerprint density at radius 1 is 0.920 bits per heavy atom. The zero-order chi connectivity index (χ0) is 17.6. The Kier molecular flexibility index (Phi) is 4.90. The molecule has 0 saturated carbocycles. The molecule has 3 aromatic rings. The summed E-state index contributed by atoms with van der Waals surface area (Å²) in [5, 5.41) is 10.9. The van der Waals surface area contributed by atoms with Crippen molar-refractivity contribution in [3.05, 3.63) is 83.9 Å². The second kappa shape index (κ2) is 7.45. The molecule has 0 spiro atoms. The van der Waals surface area contributed by atoms with Gasteiger partial charge in [0.05, 0.1) is 0 Å². The molecular weight excluding hydrogens is 316 g/mol. The van der Waals surface area contributed by atoms with Gasteiger partial charge in [-0.1, -0.05) is 42.5 Å². The van der Waals surface area contributed by atoms with Crippen LogP contribution in [0, 0.1) is 0 Å². The van der Waals surface area contributed by atoms with Gasteiger partial charge >= 0.3 is 5.97 Å². The molecule has 4 nitrogen and oxygen atoms in total. The van der Waals surface area contributed by atoms with Crippen LogP contribution >= 0.6 is 0 Å². The van der Waals surface area contributed by atoms with Crippen LogP contribution in [0.1, 0.15) is 15.9 Å². The molecule has 0 bridgehead atoms. The van der Waals surface area contributed by atoms with Crippen molar-refractivity contribution < 1.29 is 19.4 Å². The van der Waals surface area contributed by atoms with Gasteiger partial charge in [0.2, 0.25) is 0 Å². The lowest BCUT2D eigenvalue weighted by Gasteiger charge is -2.03. The maximum Gasteiger partial charge on any atom is 0.341 e. The Morgan fingerprint density at radius 2 is 1.64 bits per heavy atom. The van der Waals surface area contributed by atoms with Crippen molar-refractivity contribution in [3.63, 3.8) is 0 Å². The van der Waals surface area contributed by atoms with Gasteiger partial charge in [0.15, 0.2) is 12.4 Å². The number of rotatable bonds is 6. The molecule has 1 N–H and O–H groups in total. The first-order valence-corrected chi connectivity index (χ1v) is 7.78. The summed E-state index contributed by atoms with van der Waals surface area (Å²) in [6, 6.07) is 20.5. The molecule has 0 unspecified atom stereocenters. The fraction of sp³-hybridized carbons (Fsp3) is 0.0476. The fourth-order valence-corrected chi connectivity index (χ4v) is 2.44. The Balaban J connectivity index is 1.69. The standard InChI is InChI=1S/C21H16O4/c22-20(17-8-10-19(11-9-17)25-14-21(23)24)12-6-15-5-7-16-3-1-2-4-18(16)13-15/h1-13H,14H2,(H,23,24)/b12-6+. The molecule has 0 amide bonds. The number of benzene rings is 3. The molecule has 4 heteroatoms. The SMILES string of the molecule is O=C(O)COc1ccc(C(=O)/C=C/c2ccc3ccccc3c2)cc1. The highest BCUT2D eigenvalue weighted by molar-refractivity contribution is 6.07. The average molecular weight is 332 g/mol. The van der Waals surface area contributed by atoms with Crippen molar-refractivity contribution in [2.75, 3.05) is 6.61 Å². The molecular formula is C21H16O4. The monoisotopic (exact) mass is 332 g/mol. The molecule has 0 saturated heterocycles. The molecule has 124 valence electrons. The van der Waals surface area contributed by atoms with E-state index in [9.17, 15) is 9.59 Å². The predicted molar refractivity (Wildman–Crippen MR) is 96.9 cm³/mol. The molecule has 0 radical (unpaired) electrons. The third-order valence-corrected chi connectivity index (χ3v) is 3.70. The van der Waals surface area contributed by atoms with Crippen molar-refractivity contribution in [1.29, 1.82) is 0 Å². The summed E-state index contributed by atoms with van der Waals surface area (Å²) in [6.45, 7) is -0.408. The van der Waals surface area contributed by atoms with E-state index in [0.717, 1.165) is 16.3 Å². The maximum atomic E-state index is 12.2. The lowest BCUT2D eigenvalue weighted by molar-refractivity contribution is -0.139. The van der Waals surface area contributed by atoms with E-state index in [2.05, 4.69) is 0 Å². The smallest absolute Gasteiger partial charge is 0.341 e. The number of carboxylic acids is 1. The highest BCUT2D eigenvalue weighted by atomic mass is 16.5. The van der Waals surface area contributed by atoms with Gasteiger partial charge in [-0.05, 0) is 52.7 Å². The third-order valence-electron chi connectivity index (χ3n) is 3.70. The minimum absolute atomic E-state index is 0.127. The zero-order valence-corrected chi connectivity index (χ0v) is 13.4. The molecule has 3 rings (SSSR count). The van der Waals surface area contributed by atoms with Crippen LogP contribution in [0.5, 0.6) is 5.75 Å². The first kappa shape index (κ1) is 16.5. The fourth-order valence-electron chi connectivity index (χ4n) is 2.44. The van der Waals surface area contributed by atoms with Gasteiger partial charge in [0.1, 0.15) is 5.75 Å². The molecule has 25 heavy (non-hydrogen) atoms. The van der Waals surface area contributed by atoms with Gasteiger partial charge in [-0.25, -0.2) is 4.79 Å². The number of ketones is 1. The van der Waals surface area contributed by atoms with E-state index in [0.29, 0.717) is 11.3 Å². The largest absolute Gasteiger partial charge is 0.482 e. The van der Waals surface area contributed by atoms with Crippen molar-refractivity contribution in [3.8, 4) is 5.75 Å². The number of carboxylic acid groups (broad SMARTS) is 1. The van der Waals surface area contributed by atoms with Crippen LogP contribution in [0.25, 0.3) is 16.8 Å². The lowest BCUT2D eigenvalue weighted by Crippen LogP contribution is -2.09. The topological polar surface area (TPSA) is 63.6 Å². The zero-order valence-electron chi connectivity index (χ0n) is 13.4. The molecule has 0 aliphatic rings. The summed E-state index contributed by atoms with van der Waals surface area (Å²) in [6.07, 6.45) is 3.31. The molecule has 0 heterocycles. The summed E-state index contributed by atoms with van der Waals surface area (Å²) in [7, 11) is 0. The van der Waals surface area contributed by atoms with Crippen LogP contribution in [0.4, 0.5) is 0 Å². The minimum atomic E-state index is -1.04. The number of ether oxygens (including phenoxy) is 1. The molecule has 0 aromatic heterocycles. The van der Waals surface area contributed by atoms with Crippen molar-refractivity contribution >= 4 is 28.6 Å². The molecule has 0 aliphatic heterocycles. The average Bonchev–Trinajstić information content (AvgIpc) is 2.64. The number of carbonyl (C=O) groups is 2. The molecule has 3 aromatic carbocycles. The maximum absolute atomic E-state index is 12.2. The van der Waals surface area contributed by atoms with Gasteiger partial charge in [-0.15, -0.1) is 0 Å². The van der Waals surface area contributed by atoms with Gasteiger partial charge in [-0.2, -0.15) is 0 Å². The van der Waals surface area contributed by atoms with E-state index < -0.39 is 12.6 Å². The first-order valence-electron chi connectivity index (χ1n) is 7.78. The summed E-state index contributed by atoms with van der Waals surface area (Å²) >= 11 is 0. The van der Waals surface area contributed by atoms with Crippen LogP contribution < -0.4 is 4.74 Å². The van der Waals surface area contributed by atoms with Crippen LogP contribution in [0.3, 0.4) is 0 Å². The first-order chi connectivity index (χ1) is 12.1. The Labute approximate surface area is 145 Å². The lowest BCUT2D eigenvalue weighted by atomic mass is 10.1. The predicted octanol–water partition coefficient (Wildman–Crippen LogP) is 4.20. The van der Waals surface area contributed by atoms with Crippen molar-refractivity contribution in [2.45, 2.75) is 0 Å². The number of fused-ring (bicyclic) bond motifs is 1. The molecule has 0 atom stereocenters. The summed E-state index contributed by atoms with van der Waals surface area (Å²) < 4.78 is 5.04. The van der Waals surface area contributed by atoms with Crippen molar-refractivity contribution in [1.82, 2.24) is 0 Å². The minimum Gasteiger partial charge on any atom is -0.482 e. The summed E-state index contributed by atoms with van der Waals surface area (Å²) in [5.74, 6) is -0.756. The quantitative estimate of drug-likeness (QED) is 0.543. The molecule has 0 aliphatic carbocycles.